The van der Waals surface area contributed by atoms with Crippen LogP contribution in [0.3, 0.4) is 0 Å². The number of hydrogen-bond donors (Lipinski definition) is 1. The molecule has 0 amide bonds. The van der Waals surface area contributed by atoms with Crippen molar-refractivity contribution < 1.29 is 0 Å². The van der Waals surface area contributed by atoms with Gasteiger partial charge in [0.25, 0.3) is 0 Å². The zero-order valence-corrected chi connectivity index (χ0v) is 15.1. The Hall–Kier alpha value is -4.07. The molecule has 0 unspecified atom stereocenters. The summed E-state index contributed by atoms with van der Waals surface area (Å²) in [4.78, 5) is 13.6. The minimum atomic E-state index is 0.485. The van der Waals surface area contributed by atoms with Crippen LogP contribution in [0.2, 0.25) is 0 Å². The van der Waals surface area contributed by atoms with Gasteiger partial charge in [-0.05, 0) is 42.8 Å². The Labute approximate surface area is 160 Å². The summed E-state index contributed by atoms with van der Waals surface area (Å²) in [5.41, 5.74) is 4.34. The number of anilines is 2. The molecule has 0 aliphatic rings. The molecule has 0 radical (unpaired) electrons. The third kappa shape index (κ3) is 2.96. The molecule has 5 heterocycles. The molecule has 5 rings (SSSR count). The average molecular weight is 368 g/mol. The summed E-state index contributed by atoms with van der Waals surface area (Å²) in [6, 6.07) is 13.5. The van der Waals surface area contributed by atoms with Crippen molar-refractivity contribution in [3.05, 3.63) is 79.0 Å². The zero-order chi connectivity index (χ0) is 18.9. The van der Waals surface area contributed by atoms with Crippen LogP contribution in [0.4, 0.5) is 11.6 Å². The molecule has 0 fully saturated rings. The Kier molecular flexibility index (Phi) is 3.79. The third-order valence-corrected chi connectivity index (χ3v) is 4.27. The first-order valence-electron chi connectivity index (χ1n) is 8.78. The van der Waals surface area contributed by atoms with E-state index in [1.807, 2.05) is 61.8 Å². The minimum absolute atomic E-state index is 0.485. The van der Waals surface area contributed by atoms with Crippen LogP contribution in [0.5, 0.6) is 0 Å². The molecule has 5 aromatic heterocycles. The number of aryl methyl sites for hydroxylation is 1. The second kappa shape index (κ2) is 6.58. The zero-order valence-electron chi connectivity index (χ0n) is 15.1. The van der Waals surface area contributed by atoms with Crippen molar-refractivity contribution in [1.82, 2.24) is 34.3 Å². The van der Waals surface area contributed by atoms with Crippen molar-refractivity contribution in [3.8, 4) is 17.2 Å². The number of pyridine rings is 2. The fourth-order valence-electron chi connectivity index (χ4n) is 2.94. The van der Waals surface area contributed by atoms with Crippen LogP contribution in [-0.4, -0.2) is 34.3 Å². The molecule has 5 aromatic rings. The normalized spacial score (nSPS) is 11.0. The molecule has 8 nitrogen and oxygen atoms in total. The summed E-state index contributed by atoms with van der Waals surface area (Å²) in [5, 5.41) is 11.9. The lowest BCUT2D eigenvalue weighted by atomic mass is 10.2. The number of nitrogens with one attached hydrogen (secondary N) is 1. The number of nitrogens with zero attached hydrogens (tertiary/aromatic N) is 7. The second-order valence-corrected chi connectivity index (χ2v) is 6.32. The maximum absolute atomic E-state index is 4.68. The van der Waals surface area contributed by atoms with E-state index in [9.17, 15) is 0 Å². The lowest BCUT2D eigenvalue weighted by Crippen LogP contribution is -2.01. The number of hydrogen-bond acceptors (Lipinski definition) is 6. The van der Waals surface area contributed by atoms with Gasteiger partial charge in [0.2, 0.25) is 5.95 Å². The van der Waals surface area contributed by atoms with Crippen LogP contribution in [0.1, 0.15) is 5.56 Å². The van der Waals surface area contributed by atoms with E-state index in [1.54, 1.807) is 27.8 Å². The van der Waals surface area contributed by atoms with Crippen LogP contribution in [-0.2, 0) is 0 Å². The summed E-state index contributed by atoms with van der Waals surface area (Å²) < 4.78 is 3.54. The Bertz CT molecular complexity index is 1270. The van der Waals surface area contributed by atoms with Crippen molar-refractivity contribution in [2.75, 3.05) is 5.32 Å². The first kappa shape index (κ1) is 16.1. The smallest absolute Gasteiger partial charge is 0.227 e. The number of aromatic nitrogens is 7. The summed E-state index contributed by atoms with van der Waals surface area (Å²) in [5.74, 6) is 1.22. The monoisotopic (exact) mass is 368 g/mol. The molecular weight excluding hydrogens is 352 g/mol. The molecule has 136 valence electrons. The van der Waals surface area contributed by atoms with Gasteiger partial charge in [0.15, 0.2) is 5.82 Å². The second-order valence-electron chi connectivity index (χ2n) is 6.32. The van der Waals surface area contributed by atoms with E-state index < -0.39 is 0 Å². The highest BCUT2D eigenvalue weighted by Gasteiger charge is 2.09. The SMILES string of the molecule is Cc1cnn(-c2cccc(-c3ccnc(Nc4cnn5ccccc45)n3)n2)c1. The molecular formula is C20H16N8. The molecule has 1 N–H and O–H groups in total. The van der Waals surface area contributed by atoms with Gasteiger partial charge in [-0.2, -0.15) is 10.2 Å². The topological polar surface area (TPSA) is 85.8 Å². The van der Waals surface area contributed by atoms with Crippen molar-refractivity contribution >= 4 is 17.2 Å². The standard InChI is InChI=1S/C20H16N8/c1-14-11-22-28(13-14)19-7-4-5-15(24-19)16-8-9-21-20(25-16)26-17-12-23-27-10-3-2-6-18(17)27/h2-13H,1H3,(H,21,25,26). The van der Waals surface area contributed by atoms with Crippen LogP contribution < -0.4 is 5.32 Å². The van der Waals surface area contributed by atoms with Gasteiger partial charge in [-0.1, -0.05) is 12.1 Å². The van der Waals surface area contributed by atoms with E-state index in [2.05, 4.69) is 30.5 Å². The average Bonchev–Trinajstić information content (AvgIpc) is 3.35. The summed E-state index contributed by atoms with van der Waals surface area (Å²) >= 11 is 0. The molecule has 0 spiro atoms. The molecule has 0 saturated heterocycles. The Morgan fingerprint density at radius 2 is 1.82 bits per heavy atom. The number of rotatable bonds is 4. The minimum Gasteiger partial charge on any atom is -0.321 e. The fourth-order valence-corrected chi connectivity index (χ4v) is 2.94. The highest BCUT2D eigenvalue weighted by atomic mass is 15.3. The van der Waals surface area contributed by atoms with Gasteiger partial charge in [0.05, 0.1) is 35.0 Å². The predicted octanol–water partition coefficient (Wildman–Crippen LogP) is 3.42. The van der Waals surface area contributed by atoms with E-state index in [-0.39, 0.29) is 0 Å². The lowest BCUT2D eigenvalue weighted by molar-refractivity contribution is 0.847. The first-order valence-corrected chi connectivity index (χ1v) is 8.78. The Morgan fingerprint density at radius 1 is 0.893 bits per heavy atom. The van der Waals surface area contributed by atoms with Crippen LogP contribution in [0, 0.1) is 6.92 Å². The van der Waals surface area contributed by atoms with Gasteiger partial charge in [-0.3, -0.25) is 0 Å². The van der Waals surface area contributed by atoms with Gasteiger partial charge < -0.3 is 5.32 Å². The van der Waals surface area contributed by atoms with Gasteiger partial charge in [0, 0.05) is 18.6 Å². The predicted molar refractivity (Wildman–Crippen MR) is 106 cm³/mol. The maximum Gasteiger partial charge on any atom is 0.227 e. The van der Waals surface area contributed by atoms with Crippen molar-refractivity contribution in [1.29, 1.82) is 0 Å². The maximum atomic E-state index is 4.68. The quantitative estimate of drug-likeness (QED) is 0.523. The van der Waals surface area contributed by atoms with Crippen molar-refractivity contribution in [2.45, 2.75) is 6.92 Å². The molecule has 28 heavy (non-hydrogen) atoms. The van der Waals surface area contributed by atoms with Crippen LogP contribution >= 0.6 is 0 Å². The Balaban J connectivity index is 1.47. The van der Waals surface area contributed by atoms with E-state index in [0.717, 1.165) is 34.0 Å². The van der Waals surface area contributed by atoms with Gasteiger partial charge in [0.1, 0.15) is 0 Å². The van der Waals surface area contributed by atoms with Crippen molar-refractivity contribution in [2.24, 2.45) is 0 Å². The summed E-state index contributed by atoms with van der Waals surface area (Å²) in [6.07, 6.45) is 9.10. The molecule has 0 bridgehead atoms. The van der Waals surface area contributed by atoms with Crippen molar-refractivity contribution in [3.63, 3.8) is 0 Å². The van der Waals surface area contributed by atoms with E-state index in [4.69, 9.17) is 0 Å². The molecule has 0 atom stereocenters. The summed E-state index contributed by atoms with van der Waals surface area (Å²) in [6.45, 7) is 2.00. The molecule has 8 heteroatoms. The number of fused-ring (bicyclic) bond motifs is 1. The van der Waals surface area contributed by atoms with E-state index in [0.29, 0.717) is 5.95 Å². The molecule has 0 aromatic carbocycles. The highest BCUT2D eigenvalue weighted by molar-refractivity contribution is 5.74. The van der Waals surface area contributed by atoms with Gasteiger partial charge in [-0.15, -0.1) is 0 Å². The van der Waals surface area contributed by atoms with Crippen LogP contribution in [0.25, 0.3) is 22.7 Å². The van der Waals surface area contributed by atoms with Gasteiger partial charge >= 0.3 is 0 Å². The highest BCUT2D eigenvalue weighted by Crippen LogP contribution is 2.22. The van der Waals surface area contributed by atoms with Crippen LogP contribution in [0.15, 0.2) is 73.4 Å². The lowest BCUT2D eigenvalue weighted by Gasteiger charge is -2.07. The third-order valence-electron chi connectivity index (χ3n) is 4.27. The molecule has 0 saturated carbocycles. The molecule has 0 aliphatic heterocycles. The molecule has 0 aliphatic carbocycles. The van der Waals surface area contributed by atoms with E-state index in [1.165, 1.54) is 0 Å². The van der Waals surface area contributed by atoms with E-state index >= 15 is 0 Å². The fraction of sp³-hybridized carbons (Fsp3) is 0.0500. The first-order chi connectivity index (χ1) is 13.8. The Morgan fingerprint density at radius 3 is 2.71 bits per heavy atom. The van der Waals surface area contributed by atoms with Gasteiger partial charge in [-0.25, -0.2) is 24.1 Å². The largest absolute Gasteiger partial charge is 0.321 e. The summed E-state index contributed by atoms with van der Waals surface area (Å²) in [7, 11) is 0.